The molecule has 7 heteroatoms. The number of anilines is 1. The van der Waals surface area contributed by atoms with Crippen molar-refractivity contribution < 1.29 is 14.4 Å². The number of hydrogen-bond donors (Lipinski definition) is 2. The Morgan fingerprint density at radius 1 is 1.16 bits per heavy atom. The fourth-order valence-electron chi connectivity index (χ4n) is 4.60. The first-order valence-corrected chi connectivity index (χ1v) is 8.74. The first-order chi connectivity index (χ1) is 11.6. The summed E-state index contributed by atoms with van der Waals surface area (Å²) in [5.41, 5.74) is -0.617. The van der Waals surface area contributed by atoms with E-state index in [0.29, 0.717) is 16.3 Å². The maximum Gasteiger partial charge on any atom is 0.250 e. The molecule has 25 heavy (non-hydrogen) atoms. The third kappa shape index (κ3) is 1.92. The molecule has 4 rings (SSSR count). The summed E-state index contributed by atoms with van der Waals surface area (Å²) < 4.78 is 0. The number of imide groups is 1. The number of rotatable bonds is 0. The van der Waals surface area contributed by atoms with Gasteiger partial charge in [0.1, 0.15) is 5.54 Å². The van der Waals surface area contributed by atoms with Crippen LogP contribution in [0.2, 0.25) is 5.02 Å². The molecule has 3 amide bonds. The first kappa shape index (κ1) is 16.5. The van der Waals surface area contributed by atoms with Gasteiger partial charge in [-0.05, 0) is 45.9 Å². The van der Waals surface area contributed by atoms with Crippen LogP contribution in [0.5, 0.6) is 0 Å². The Morgan fingerprint density at radius 2 is 1.84 bits per heavy atom. The van der Waals surface area contributed by atoms with Crippen LogP contribution >= 0.6 is 11.6 Å². The van der Waals surface area contributed by atoms with Gasteiger partial charge in [0.25, 0.3) is 0 Å². The molecule has 3 heterocycles. The van der Waals surface area contributed by atoms with E-state index < -0.39 is 22.9 Å². The van der Waals surface area contributed by atoms with Crippen LogP contribution in [-0.2, 0) is 19.9 Å². The quantitative estimate of drug-likeness (QED) is 0.691. The number of hydrogen-bond acceptors (Lipinski definition) is 4. The maximum absolute atomic E-state index is 13.2. The zero-order valence-electron chi connectivity index (χ0n) is 14.5. The van der Waals surface area contributed by atoms with Gasteiger partial charge in [-0.1, -0.05) is 11.6 Å². The lowest BCUT2D eigenvalue weighted by molar-refractivity contribution is -0.147. The molecule has 2 N–H and O–H groups in total. The van der Waals surface area contributed by atoms with Gasteiger partial charge in [0, 0.05) is 27.9 Å². The van der Waals surface area contributed by atoms with E-state index in [1.165, 1.54) is 4.90 Å². The average molecular weight is 362 g/mol. The molecule has 0 radical (unpaired) electrons. The molecule has 4 atom stereocenters. The summed E-state index contributed by atoms with van der Waals surface area (Å²) in [6.07, 6.45) is 0. The molecule has 3 aliphatic rings. The number of nitrogens with one attached hydrogen (secondary N) is 2. The molecule has 132 valence electrons. The lowest BCUT2D eigenvalue weighted by atomic mass is 9.76. The second-order valence-electron chi connectivity index (χ2n) is 8.07. The highest BCUT2D eigenvalue weighted by Gasteiger charge is 2.70. The summed E-state index contributed by atoms with van der Waals surface area (Å²) in [7, 11) is 0. The molecule has 1 aromatic rings. The molecule has 2 fully saturated rings. The first-order valence-electron chi connectivity index (χ1n) is 8.36. The van der Waals surface area contributed by atoms with Crippen LogP contribution in [0.1, 0.15) is 33.3 Å². The standard InChI is InChI=1S/C18H20ClN3O3/c1-8-12-13(15(24)22(14(12)23)17(2,3)4)18(21-8)10-7-9(19)5-6-11(10)20-16(18)25/h5-8,12-13,21H,1-4H3,(H,20,25)/t8?,12-,13+,18?/m1/s1. The molecule has 6 nitrogen and oxygen atoms in total. The molecular weight excluding hydrogens is 342 g/mol. The Labute approximate surface area is 150 Å². The Balaban J connectivity index is 1.92. The highest BCUT2D eigenvalue weighted by molar-refractivity contribution is 6.31. The number of benzene rings is 1. The second-order valence-corrected chi connectivity index (χ2v) is 8.51. The summed E-state index contributed by atoms with van der Waals surface area (Å²) in [5, 5.41) is 6.58. The molecule has 3 aliphatic heterocycles. The second kappa shape index (κ2) is 4.83. The van der Waals surface area contributed by atoms with Crippen LogP contribution in [0.15, 0.2) is 18.2 Å². The molecule has 0 bridgehead atoms. The van der Waals surface area contributed by atoms with Gasteiger partial charge in [-0.25, -0.2) is 0 Å². The highest BCUT2D eigenvalue weighted by atomic mass is 35.5. The van der Waals surface area contributed by atoms with E-state index in [1.54, 1.807) is 18.2 Å². The van der Waals surface area contributed by atoms with E-state index in [9.17, 15) is 14.4 Å². The average Bonchev–Trinajstić information content (AvgIpc) is 3.04. The highest BCUT2D eigenvalue weighted by Crippen LogP contribution is 2.53. The summed E-state index contributed by atoms with van der Waals surface area (Å²) >= 11 is 6.15. The maximum atomic E-state index is 13.2. The van der Waals surface area contributed by atoms with E-state index in [2.05, 4.69) is 10.6 Å². The van der Waals surface area contributed by atoms with Crippen LogP contribution in [0.25, 0.3) is 0 Å². The number of halogens is 1. The van der Waals surface area contributed by atoms with Crippen LogP contribution in [0.3, 0.4) is 0 Å². The third-order valence-electron chi connectivity index (χ3n) is 5.50. The molecule has 2 saturated heterocycles. The van der Waals surface area contributed by atoms with Crippen LogP contribution in [0, 0.1) is 11.8 Å². The van der Waals surface area contributed by atoms with Crippen molar-refractivity contribution in [1.82, 2.24) is 10.2 Å². The van der Waals surface area contributed by atoms with Crippen molar-refractivity contribution in [2.75, 3.05) is 5.32 Å². The van der Waals surface area contributed by atoms with Crippen molar-refractivity contribution in [3.05, 3.63) is 28.8 Å². The molecular formula is C18H20ClN3O3. The van der Waals surface area contributed by atoms with Crippen molar-refractivity contribution in [2.45, 2.75) is 44.8 Å². The topological polar surface area (TPSA) is 78.5 Å². The Kier molecular flexibility index (Phi) is 3.19. The summed E-state index contributed by atoms with van der Waals surface area (Å²) in [6.45, 7) is 7.33. The number of amides is 3. The van der Waals surface area contributed by atoms with E-state index in [-0.39, 0.29) is 23.8 Å². The molecule has 1 aromatic carbocycles. The van der Waals surface area contributed by atoms with Gasteiger partial charge >= 0.3 is 0 Å². The normalized spacial score (nSPS) is 33.9. The number of nitrogens with zero attached hydrogens (tertiary/aromatic N) is 1. The zero-order valence-corrected chi connectivity index (χ0v) is 15.3. The van der Waals surface area contributed by atoms with Gasteiger partial charge in [0.05, 0.1) is 11.8 Å². The number of fused-ring (bicyclic) bond motifs is 4. The molecule has 0 saturated carbocycles. The van der Waals surface area contributed by atoms with E-state index in [4.69, 9.17) is 11.6 Å². The molecule has 2 unspecified atom stereocenters. The Bertz CT molecular complexity index is 831. The van der Waals surface area contributed by atoms with E-state index in [0.717, 1.165) is 0 Å². The van der Waals surface area contributed by atoms with Crippen molar-refractivity contribution in [2.24, 2.45) is 11.8 Å². The zero-order chi connectivity index (χ0) is 18.3. The Hall–Kier alpha value is -1.92. The smallest absolute Gasteiger partial charge is 0.250 e. The minimum atomic E-state index is -1.25. The van der Waals surface area contributed by atoms with Gasteiger partial charge in [0.2, 0.25) is 17.7 Å². The summed E-state index contributed by atoms with van der Waals surface area (Å²) in [4.78, 5) is 40.5. The van der Waals surface area contributed by atoms with Gasteiger partial charge in [-0.3, -0.25) is 24.6 Å². The third-order valence-corrected chi connectivity index (χ3v) is 5.73. The van der Waals surface area contributed by atoms with Gasteiger partial charge in [-0.15, -0.1) is 0 Å². The molecule has 0 aliphatic carbocycles. The van der Waals surface area contributed by atoms with Crippen molar-refractivity contribution in [3.63, 3.8) is 0 Å². The van der Waals surface area contributed by atoms with Gasteiger partial charge in [0.15, 0.2) is 0 Å². The van der Waals surface area contributed by atoms with E-state index in [1.807, 2.05) is 27.7 Å². The number of carbonyl (C=O) groups excluding carboxylic acids is 3. The minimum absolute atomic E-state index is 0.220. The number of likely N-dealkylation sites (tertiary alicyclic amines) is 1. The Morgan fingerprint density at radius 3 is 2.48 bits per heavy atom. The fourth-order valence-corrected chi connectivity index (χ4v) is 4.77. The SMILES string of the molecule is CC1NC2(C(=O)Nc3ccc(Cl)cc32)[C@@H]2C(=O)N(C(C)(C)C)C(=O)[C@H]12. The lowest BCUT2D eigenvalue weighted by Crippen LogP contribution is -2.55. The van der Waals surface area contributed by atoms with Crippen LogP contribution < -0.4 is 10.6 Å². The van der Waals surface area contributed by atoms with Crippen molar-refractivity contribution in [3.8, 4) is 0 Å². The molecule has 1 spiro atoms. The fraction of sp³-hybridized carbons (Fsp3) is 0.500. The lowest BCUT2D eigenvalue weighted by Gasteiger charge is -2.34. The van der Waals surface area contributed by atoms with Crippen molar-refractivity contribution in [1.29, 1.82) is 0 Å². The summed E-state index contributed by atoms with van der Waals surface area (Å²) in [6, 6.07) is 4.82. The largest absolute Gasteiger partial charge is 0.324 e. The minimum Gasteiger partial charge on any atom is -0.324 e. The van der Waals surface area contributed by atoms with Gasteiger partial charge in [-0.2, -0.15) is 0 Å². The van der Waals surface area contributed by atoms with Crippen LogP contribution in [0.4, 0.5) is 5.69 Å². The predicted molar refractivity (Wildman–Crippen MR) is 92.9 cm³/mol. The number of carbonyl (C=O) groups is 3. The van der Waals surface area contributed by atoms with E-state index >= 15 is 0 Å². The predicted octanol–water partition coefficient (Wildman–Crippen LogP) is 1.88. The van der Waals surface area contributed by atoms with Crippen LogP contribution in [-0.4, -0.2) is 34.2 Å². The van der Waals surface area contributed by atoms with Crippen molar-refractivity contribution >= 4 is 35.0 Å². The summed E-state index contributed by atoms with van der Waals surface area (Å²) in [5.74, 6) is -2.16. The monoisotopic (exact) mass is 361 g/mol. The molecule has 0 aromatic heterocycles. The van der Waals surface area contributed by atoms with Gasteiger partial charge < -0.3 is 5.32 Å².